The zero-order chi connectivity index (χ0) is 20.8. The standard InChI is InChI=1S/C22H23N3O3S2/c26-30(27,25-14-5-2-6-15-25)20-13-7-12-19(17-20)21-23-24-22(28-21)29-16-8-11-18-9-3-1-4-10-18/h1,3-4,7-13,17H,2,5-6,14-16H2/b11-8-. The second kappa shape index (κ2) is 9.59. The molecule has 3 aromatic rings. The van der Waals surface area contributed by atoms with E-state index in [-0.39, 0.29) is 4.90 Å². The molecule has 0 N–H and O–H groups in total. The molecule has 0 aliphatic carbocycles. The Hall–Kier alpha value is -2.42. The molecule has 0 bridgehead atoms. The number of hydrogen-bond acceptors (Lipinski definition) is 6. The van der Waals surface area contributed by atoms with E-state index in [0.717, 1.165) is 24.8 Å². The van der Waals surface area contributed by atoms with Crippen molar-refractivity contribution in [2.24, 2.45) is 0 Å². The topological polar surface area (TPSA) is 76.3 Å². The van der Waals surface area contributed by atoms with Gasteiger partial charge in [0.2, 0.25) is 15.9 Å². The summed E-state index contributed by atoms with van der Waals surface area (Å²) in [5, 5.41) is 8.61. The van der Waals surface area contributed by atoms with Gasteiger partial charge in [0.25, 0.3) is 5.22 Å². The molecule has 30 heavy (non-hydrogen) atoms. The van der Waals surface area contributed by atoms with Crippen molar-refractivity contribution >= 4 is 27.9 Å². The molecular formula is C22H23N3O3S2. The van der Waals surface area contributed by atoms with Gasteiger partial charge in [-0.25, -0.2) is 8.42 Å². The third kappa shape index (κ3) is 5.00. The number of rotatable bonds is 7. The van der Waals surface area contributed by atoms with Crippen molar-refractivity contribution in [2.45, 2.75) is 29.4 Å². The largest absolute Gasteiger partial charge is 0.411 e. The van der Waals surface area contributed by atoms with Crippen LogP contribution < -0.4 is 0 Å². The molecule has 1 aliphatic rings. The molecule has 8 heteroatoms. The predicted octanol–water partition coefficient (Wildman–Crippen LogP) is 4.72. The summed E-state index contributed by atoms with van der Waals surface area (Å²) >= 11 is 1.43. The summed E-state index contributed by atoms with van der Waals surface area (Å²) in [6, 6.07) is 16.8. The SMILES string of the molecule is O=S(=O)(c1cccc(-c2nnc(SC/C=C\c3ccccc3)o2)c1)N1CCCCC1. The van der Waals surface area contributed by atoms with Crippen molar-refractivity contribution in [1.29, 1.82) is 0 Å². The average Bonchev–Trinajstić information content (AvgIpc) is 3.27. The Balaban J connectivity index is 1.43. The molecule has 0 atom stereocenters. The van der Waals surface area contributed by atoms with Crippen LogP contribution in [0.25, 0.3) is 17.5 Å². The van der Waals surface area contributed by atoms with Gasteiger partial charge >= 0.3 is 0 Å². The number of benzene rings is 2. The minimum atomic E-state index is -3.50. The lowest BCUT2D eigenvalue weighted by molar-refractivity contribution is 0.346. The molecule has 0 unspecified atom stereocenters. The van der Waals surface area contributed by atoms with E-state index in [0.29, 0.717) is 35.5 Å². The van der Waals surface area contributed by atoms with Crippen LogP contribution in [0.15, 0.2) is 75.2 Å². The quantitative estimate of drug-likeness (QED) is 0.494. The van der Waals surface area contributed by atoms with Crippen molar-refractivity contribution < 1.29 is 12.8 Å². The highest BCUT2D eigenvalue weighted by Crippen LogP contribution is 2.27. The maximum Gasteiger partial charge on any atom is 0.277 e. The van der Waals surface area contributed by atoms with Gasteiger partial charge in [-0.1, -0.05) is 66.7 Å². The van der Waals surface area contributed by atoms with Crippen LogP contribution in [0.2, 0.25) is 0 Å². The maximum absolute atomic E-state index is 12.9. The minimum Gasteiger partial charge on any atom is -0.411 e. The van der Waals surface area contributed by atoms with Crippen LogP contribution in [-0.4, -0.2) is 41.8 Å². The first kappa shape index (κ1) is 20.8. The van der Waals surface area contributed by atoms with Crippen molar-refractivity contribution in [3.8, 4) is 11.5 Å². The second-order valence-corrected chi connectivity index (χ2v) is 9.90. The molecule has 1 aromatic heterocycles. The Morgan fingerprint density at radius 1 is 1.00 bits per heavy atom. The smallest absolute Gasteiger partial charge is 0.277 e. The molecule has 2 heterocycles. The summed E-state index contributed by atoms with van der Waals surface area (Å²) in [7, 11) is -3.50. The summed E-state index contributed by atoms with van der Waals surface area (Å²) in [4.78, 5) is 0.264. The van der Waals surface area contributed by atoms with E-state index >= 15 is 0 Å². The van der Waals surface area contributed by atoms with E-state index in [4.69, 9.17) is 4.42 Å². The van der Waals surface area contributed by atoms with Crippen LogP contribution in [-0.2, 0) is 10.0 Å². The third-order valence-electron chi connectivity index (χ3n) is 4.85. The second-order valence-electron chi connectivity index (χ2n) is 6.99. The molecule has 156 valence electrons. The zero-order valence-corrected chi connectivity index (χ0v) is 18.1. The van der Waals surface area contributed by atoms with Crippen LogP contribution in [0.3, 0.4) is 0 Å². The fourth-order valence-electron chi connectivity index (χ4n) is 3.30. The first-order chi connectivity index (χ1) is 14.6. The van der Waals surface area contributed by atoms with Gasteiger partial charge in [0.1, 0.15) is 0 Å². The Morgan fingerprint density at radius 3 is 2.60 bits per heavy atom. The van der Waals surface area contributed by atoms with Gasteiger partial charge in [0.05, 0.1) is 4.90 Å². The predicted molar refractivity (Wildman–Crippen MR) is 119 cm³/mol. The number of thioether (sulfide) groups is 1. The molecule has 1 fully saturated rings. The molecule has 0 radical (unpaired) electrons. The summed E-state index contributed by atoms with van der Waals surface area (Å²) in [6.45, 7) is 1.15. The summed E-state index contributed by atoms with van der Waals surface area (Å²) in [5.41, 5.74) is 1.74. The lowest BCUT2D eigenvalue weighted by Gasteiger charge is -2.25. The van der Waals surface area contributed by atoms with E-state index in [1.807, 2.05) is 42.5 Å². The summed E-state index contributed by atoms with van der Waals surface area (Å²) in [6.07, 6.45) is 6.97. The molecule has 2 aromatic carbocycles. The van der Waals surface area contributed by atoms with Gasteiger partial charge < -0.3 is 4.42 Å². The molecule has 1 saturated heterocycles. The first-order valence-electron chi connectivity index (χ1n) is 9.91. The van der Waals surface area contributed by atoms with E-state index in [9.17, 15) is 8.42 Å². The highest BCUT2D eigenvalue weighted by Gasteiger charge is 2.26. The lowest BCUT2D eigenvalue weighted by Crippen LogP contribution is -2.35. The van der Waals surface area contributed by atoms with Gasteiger partial charge in [-0.05, 0) is 36.6 Å². The highest BCUT2D eigenvalue weighted by atomic mass is 32.2. The Morgan fingerprint density at radius 2 is 1.80 bits per heavy atom. The van der Waals surface area contributed by atoms with Gasteiger partial charge in [-0.3, -0.25) is 0 Å². The Kier molecular flexibility index (Phi) is 6.66. The van der Waals surface area contributed by atoms with E-state index in [1.54, 1.807) is 28.6 Å². The lowest BCUT2D eigenvalue weighted by atomic mass is 10.2. The van der Waals surface area contributed by atoms with Crippen LogP contribution in [0.1, 0.15) is 24.8 Å². The van der Waals surface area contributed by atoms with Gasteiger partial charge in [0.15, 0.2) is 0 Å². The van der Waals surface area contributed by atoms with Gasteiger partial charge in [-0.2, -0.15) is 4.31 Å². The first-order valence-corrected chi connectivity index (χ1v) is 12.3. The Bertz CT molecular complexity index is 1110. The number of sulfonamides is 1. The number of aromatic nitrogens is 2. The molecule has 0 amide bonds. The van der Waals surface area contributed by atoms with Gasteiger partial charge in [0, 0.05) is 24.4 Å². The van der Waals surface area contributed by atoms with Crippen LogP contribution in [0.4, 0.5) is 0 Å². The van der Waals surface area contributed by atoms with E-state index in [1.165, 1.54) is 11.8 Å². The average molecular weight is 442 g/mol. The third-order valence-corrected chi connectivity index (χ3v) is 7.52. The normalized spacial score (nSPS) is 15.6. The highest BCUT2D eigenvalue weighted by molar-refractivity contribution is 7.99. The molecule has 0 spiro atoms. The minimum absolute atomic E-state index is 0.264. The van der Waals surface area contributed by atoms with Crippen LogP contribution in [0.5, 0.6) is 0 Å². The fourth-order valence-corrected chi connectivity index (χ4v) is 5.43. The number of nitrogens with zero attached hydrogens (tertiary/aromatic N) is 3. The van der Waals surface area contributed by atoms with E-state index < -0.39 is 10.0 Å². The Labute approximate surface area is 181 Å². The molecule has 6 nitrogen and oxygen atoms in total. The summed E-state index contributed by atoms with van der Waals surface area (Å²) in [5.74, 6) is 1.01. The number of piperidine rings is 1. The maximum atomic E-state index is 12.9. The molecular weight excluding hydrogens is 418 g/mol. The van der Waals surface area contributed by atoms with Crippen molar-refractivity contribution in [3.05, 3.63) is 66.2 Å². The summed E-state index contributed by atoms with van der Waals surface area (Å²) < 4.78 is 33.1. The zero-order valence-electron chi connectivity index (χ0n) is 16.5. The molecule has 0 saturated carbocycles. The number of hydrogen-bond donors (Lipinski definition) is 0. The fraction of sp³-hybridized carbons (Fsp3) is 0.273. The van der Waals surface area contributed by atoms with Crippen LogP contribution >= 0.6 is 11.8 Å². The molecule has 1 aliphatic heterocycles. The van der Waals surface area contributed by atoms with Crippen molar-refractivity contribution in [2.75, 3.05) is 18.8 Å². The van der Waals surface area contributed by atoms with E-state index in [2.05, 4.69) is 10.2 Å². The van der Waals surface area contributed by atoms with Gasteiger partial charge in [-0.15, -0.1) is 10.2 Å². The van der Waals surface area contributed by atoms with Crippen molar-refractivity contribution in [3.63, 3.8) is 0 Å². The van der Waals surface area contributed by atoms with Crippen molar-refractivity contribution in [1.82, 2.24) is 14.5 Å². The molecule has 4 rings (SSSR count). The van der Waals surface area contributed by atoms with Crippen LogP contribution in [0, 0.1) is 0 Å². The monoisotopic (exact) mass is 441 g/mol.